The monoisotopic (exact) mass is 303 g/mol. The molecule has 0 bridgehead atoms. The van der Waals surface area contributed by atoms with Crippen LogP contribution in [0.2, 0.25) is 0 Å². The number of hydrogen-bond acceptors (Lipinski definition) is 4. The molecule has 112 valence electrons. The first kappa shape index (κ1) is 14.6. The molecule has 1 aromatic heterocycles. The van der Waals surface area contributed by atoms with Crippen LogP contribution < -0.4 is 0 Å². The van der Waals surface area contributed by atoms with Gasteiger partial charge in [0.15, 0.2) is 0 Å². The van der Waals surface area contributed by atoms with Gasteiger partial charge in [-0.3, -0.25) is 0 Å². The number of aliphatic hydroxyl groups is 1. The van der Waals surface area contributed by atoms with Gasteiger partial charge in [-0.2, -0.15) is 0 Å². The molecule has 0 saturated heterocycles. The Morgan fingerprint density at radius 2 is 2.10 bits per heavy atom. The molecule has 1 fully saturated rings. The van der Waals surface area contributed by atoms with Crippen molar-refractivity contribution in [3.05, 3.63) is 35.7 Å². The topological polar surface area (TPSA) is 50.9 Å². The van der Waals surface area contributed by atoms with Gasteiger partial charge in [0, 0.05) is 10.8 Å². The lowest BCUT2D eigenvalue weighted by atomic mass is 9.86. The van der Waals surface area contributed by atoms with Crippen LogP contribution in [-0.2, 0) is 6.61 Å². The minimum absolute atomic E-state index is 0.0337. The highest BCUT2D eigenvalue weighted by Crippen LogP contribution is 2.35. The highest BCUT2D eigenvalue weighted by Gasteiger charge is 2.24. The third kappa shape index (κ3) is 2.99. The van der Waals surface area contributed by atoms with Crippen molar-refractivity contribution in [2.75, 3.05) is 6.26 Å². The molecule has 1 saturated carbocycles. The van der Waals surface area contributed by atoms with Crippen molar-refractivity contribution < 1.29 is 5.11 Å². The van der Waals surface area contributed by atoms with Crippen LogP contribution in [0.5, 0.6) is 0 Å². The number of aliphatic hydroxyl groups excluding tert-OH is 1. The summed E-state index contributed by atoms with van der Waals surface area (Å²) in [6, 6.07) is 8.33. The number of benzene rings is 1. The van der Waals surface area contributed by atoms with E-state index in [1.54, 1.807) is 11.8 Å². The first-order chi connectivity index (χ1) is 10.3. The number of thioether (sulfide) groups is 1. The molecule has 1 heterocycles. The van der Waals surface area contributed by atoms with Gasteiger partial charge in [0.05, 0.1) is 18.0 Å². The average Bonchev–Trinajstić information content (AvgIpc) is 2.99. The molecule has 4 nitrogen and oxygen atoms in total. The molecule has 0 amide bonds. The van der Waals surface area contributed by atoms with Gasteiger partial charge in [-0.15, -0.1) is 16.9 Å². The minimum Gasteiger partial charge on any atom is -0.390 e. The number of hydrogen-bond donors (Lipinski definition) is 1. The molecule has 0 spiro atoms. The molecule has 5 heteroatoms. The van der Waals surface area contributed by atoms with Gasteiger partial charge in [-0.05, 0) is 37.3 Å². The maximum absolute atomic E-state index is 9.59. The molecule has 21 heavy (non-hydrogen) atoms. The molecule has 0 aliphatic heterocycles. The van der Waals surface area contributed by atoms with E-state index in [0.717, 1.165) is 17.1 Å². The van der Waals surface area contributed by atoms with Crippen LogP contribution in [-0.4, -0.2) is 26.4 Å². The van der Waals surface area contributed by atoms with Crippen molar-refractivity contribution in [2.24, 2.45) is 0 Å². The fourth-order valence-corrected chi connectivity index (χ4v) is 3.60. The average molecular weight is 303 g/mol. The van der Waals surface area contributed by atoms with Crippen molar-refractivity contribution in [1.82, 2.24) is 15.0 Å². The van der Waals surface area contributed by atoms with Crippen molar-refractivity contribution >= 4 is 11.8 Å². The van der Waals surface area contributed by atoms with Crippen molar-refractivity contribution in [3.63, 3.8) is 0 Å². The number of nitrogens with zero attached hydrogens (tertiary/aromatic N) is 3. The van der Waals surface area contributed by atoms with E-state index in [-0.39, 0.29) is 6.61 Å². The van der Waals surface area contributed by atoms with Crippen LogP contribution in [0.3, 0.4) is 0 Å². The molecular formula is C16H21N3OS. The maximum atomic E-state index is 9.59. The molecule has 0 atom stereocenters. The van der Waals surface area contributed by atoms with Gasteiger partial charge >= 0.3 is 0 Å². The van der Waals surface area contributed by atoms with Crippen LogP contribution in [0.1, 0.15) is 49.4 Å². The second kappa shape index (κ2) is 6.62. The van der Waals surface area contributed by atoms with E-state index in [0.29, 0.717) is 5.92 Å². The minimum atomic E-state index is -0.0337. The zero-order chi connectivity index (χ0) is 14.7. The Kier molecular flexibility index (Phi) is 4.60. The summed E-state index contributed by atoms with van der Waals surface area (Å²) in [7, 11) is 0. The lowest BCUT2D eigenvalue weighted by Gasteiger charge is -2.23. The third-order valence-corrected chi connectivity index (χ3v) is 4.94. The summed E-state index contributed by atoms with van der Waals surface area (Å²) in [4.78, 5) is 1.21. The van der Waals surface area contributed by atoms with Crippen LogP contribution in [0, 0.1) is 0 Å². The Morgan fingerprint density at radius 1 is 1.29 bits per heavy atom. The first-order valence-electron chi connectivity index (χ1n) is 7.53. The number of rotatable bonds is 4. The highest BCUT2D eigenvalue weighted by atomic mass is 32.2. The van der Waals surface area contributed by atoms with E-state index in [1.165, 1.54) is 37.0 Å². The van der Waals surface area contributed by atoms with E-state index in [1.807, 2.05) is 10.7 Å². The van der Waals surface area contributed by atoms with E-state index >= 15 is 0 Å². The zero-order valence-electron chi connectivity index (χ0n) is 12.3. The lowest BCUT2D eigenvalue weighted by Crippen LogP contribution is -2.13. The lowest BCUT2D eigenvalue weighted by molar-refractivity contribution is 0.273. The highest BCUT2D eigenvalue weighted by molar-refractivity contribution is 7.98. The Labute approximate surface area is 129 Å². The predicted molar refractivity (Wildman–Crippen MR) is 84.9 cm³/mol. The second-order valence-electron chi connectivity index (χ2n) is 5.53. The van der Waals surface area contributed by atoms with Gasteiger partial charge in [0.1, 0.15) is 5.69 Å². The van der Waals surface area contributed by atoms with Crippen LogP contribution in [0.25, 0.3) is 5.69 Å². The fourth-order valence-electron chi connectivity index (χ4n) is 3.15. The summed E-state index contributed by atoms with van der Waals surface area (Å²) in [6.07, 6.45) is 8.23. The zero-order valence-corrected chi connectivity index (χ0v) is 13.1. The SMILES string of the molecule is CSc1cccc(-n2nnc(CO)c2C2CCCCC2)c1. The first-order valence-corrected chi connectivity index (χ1v) is 8.75. The van der Waals surface area contributed by atoms with Crippen LogP contribution in [0.4, 0.5) is 0 Å². The second-order valence-corrected chi connectivity index (χ2v) is 6.41. The van der Waals surface area contributed by atoms with Gasteiger partial charge in [0.2, 0.25) is 0 Å². The van der Waals surface area contributed by atoms with Crippen LogP contribution in [0.15, 0.2) is 29.2 Å². The van der Waals surface area contributed by atoms with E-state index in [2.05, 4.69) is 34.8 Å². The van der Waals surface area contributed by atoms with Crippen molar-refractivity contribution in [3.8, 4) is 5.69 Å². The Morgan fingerprint density at radius 3 is 2.81 bits per heavy atom. The maximum Gasteiger partial charge on any atom is 0.112 e. The molecule has 1 aliphatic carbocycles. The molecule has 1 aliphatic rings. The van der Waals surface area contributed by atoms with Crippen molar-refractivity contribution in [2.45, 2.75) is 49.5 Å². The van der Waals surface area contributed by atoms with E-state index in [9.17, 15) is 5.11 Å². The summed E-state index contributed by atoms with van der Waals surface area (Å²) in [5, 5.41) is 18.1. The Bertz CT molecular complexity index is 605. The van der Waals surface area contributed by atoms with Crippen molar-refractivity contribution in [1.29, 1.82) is 0 Å². The normalized spacial score (nSPS) is 16.3. The van der Waals surface area contributed by atoms with Gasteiger partial charge in [-0.1, -0.05) is 30.5 Å². The molecule has 2 aromatic rings. The summed E-state index contributed by atoms with van der Waals surface area (Å²) >= 11 is 1.72. The van der Waals surface area contributed by atoms with Crippen LogP contribution >= 0.6 is 11.8 Å². The molecule has 3 rings (SSSR count). The molecule has 0 radical (unpaired) electrons. The molecule has 0 unspecified atom stereocenters. The third-order valence-electron chi connectivity index (χ3n) is 4.22. The fraction of sp³-hybridized carbons (Fsp3) is 0.500. The quantitative estimate of drug-likeness (QED) is 0.878. The summed E-state index contributed by atoms with van der Waals surface area (Å²) in [6.45, 7) is -0.0337. The summed E-state index contributed by atoms with van der Waals surface area (Å²) in [5.74, 6) is 0.467. The predicted octanol–water partition coefficient (Wildman–Crippen LogP) is 3.53. The summed E-state index contributed by atoms with van der Waals surface area (Å²) < 4.78 is 1.93. The van der Waals surface area contributed by atoms with Gasteiger partial charge < -0.3 is 5.11 Å². The molecule has 1 N–H and O–H groups in total. The smallest absolute Gasteiger partial charge is 0.112 e. The molecule has 1 aromatic carbocycles. The number of aromatic nitrogens is 3. The largest absolute Gasteiger partial charge is 0.390 e. The Balaban J connectivity index is 2.03. The van der Waals surface area contributed by atoms with E-state index in [4.69, 9.17) is 0 Å². The Hall–Kier alpha value is -1.33. The summed E-state index contributed by atoms with van der Waals surface area (Å²) in [5.41, 5.74) is 2.88. The van der Waals surface area contributed by atoms with Gasteiger partial charge in [0.25, 0.3) is 0 Å². The van der Waals surface area contributed by atoms with E-state index < -0.39 is 0 Å². The van der Waals surface area contributed by atoms with Gasteiger partial charge in [-0.25, -0.2) is 4.68 Å². The molecular weight excluding hydrogens is 282 g/mol. The standard InChI is InChI=1S/C16H21N3OS/c1-21-14-9-5-8-13(10-14)19-16(15(11-20)17-18-19)12-6-3-2-4-7-12/h5,8-10,12,20H,2-4,6-7,11H2,1H3.